The van der Waals surface area contributed by atoms with Crippen LogP contribution in [0.2, 0.25) is 0 Å². The molecule has 1 saturated heterocycles. The molecule has 2 aliphatic rings. The molecule has 2 atom stereocenters. The Bertz CT molecular complexity index is 278. The van der Waals surface area contributed by atoms with Gasteiger partial charge in [0.1, 0.15) is 0 Å². The first-order valence-corrected chi connectivity index (χ1v) is 7.93. The maximum absolute atomic E-state index is 9.31. The third-order valence-corrected chi connectivity index (χ3v) is 4.89. The second-order valence-corrected chi connectivity index (χ2v) is 7.16. The molecule has 0 aromatic carbocycles. The molecule has 1 spiro atoms. The van der Waals surface area contributed by atoms with Crippen LogP contribution in [0, 0.1) is 5.41 Å². The lowest BCUT2D eigenvalue weighted by Gasteiger charge is -2.41. The van der Waals surface area contributed by atoms with Crippen LogP contribution in [0.25, 0.3) is 0 Å². The first-order chi connectivity index (χ1) is 8.99. The third kappa shape index (κ3) is 3.93. The number of ether oxygens (including phenoxy) is 2. The lowest BCUT2D eigenvalue weighted by atomic mass is 9.70. The van der Waals surface area contributed by atoms with Crippen molar-refractivity contribution < 1.29 is 14.6 Å². The highest BCUT2D eigenvalue weighted by atomic mass is 16.7. The molecule has 0 bridgehead atoms. The van der Waals surface area contributed by atoms with Gasteiger partial charge in [0, 0.05) is 6.42 Å². The second kappa shape index (κ2) is 6.11. The van der Waals surface area contributed by atoms with Crippen LogP contribution in [-0.4, -0.2) is 29.7 Å². The molecule has 1 N–H and O–H groups in total. The predicted octanol–water partition coefficient (Wildman–Crippen LogP) is 3.64. The standard InChI is InChI=1S/C16H30O3/c1-4-5-13(12-17)18-14-6-7-16(19-14)10-8-15(2,3)9-11-16/h13-14,17H,4-12H2,1-3H3. The quantitative estimate of drug-likeness (QED) is 0.829. The van der Waals surface area contributed by atoms with E-state index in [-0.39, 0.29) is 24.6 Å². The molecule has 2 unspecified atom stereocenters. The SMILES string of the molecule is CCCC(CO)OC1CCC2(CCC(C)(C)CC2)O1. The number of hydrogen-bond donors (Lipinski definition) is 1. The van der Waals surface area contributed by atoms with Gasteiger partial charge in [0.2, 0.25) is 0 Å². The van der Waals surface area contributed by atoms with Crippen molar-refractivity contribution in [1.29, 1.82) is 0 Å². The monoisotopic (exact) mass is 270 g/mol. The summed E-state index contributed by atoms with van der Waals surface area (Å²) in [4.78, 5) is 0. The molecule has 112 valence electrons. The Morgan fingerprint density at radius 3 is 2.47 bits per heavy atom. The smallest absolute Gasteiger partial charge is 0.158 e. The third-order valence-electron chi connectivity index (χ3n) is 4.89. The average molecular weight is 270 g/mol. The van der Waals surface area contributed by atoms with E-state index in [9.17, 15) is 5.11 Å². The van der Waals surface area contributed by atoms with E-state index in [0.29, 0.717) is 5.41 Å². The maximum Gasteiger partial charge on any atom is 0.158 e. The first-order valence-electron chi connectivity index (χ1n) is 7.93. The molecule has 1 aliphatic heterocycles. The van der Waals surface area contributed by atoms with Gasteiger partial charge in [0.05, 0.1) is 18.3 Å². The van der Waals surface area contributed by atoms with Crippen LogP contribution >= 0.6 is 0 Å². The summed E-state index contributed by atoms with van der Waals surface area (Å²) in [7, 11) is 0. The Kier molecular flexibility index (Phi) is 4.91. The molecule has 3 heteroatoms. The van der Waals surface area contributed by atoms with Gasteiger partial charge in [-0.05, 0) is 43.9 Å². The summed E-state index contributed by atoms with van der Waals surface area (Å²) in [5.74, 6) is 0. The molecule has 3 nitrogen and oxygen atoms in total. The van der Waals surface area contributed by atoms with Crippen molar-refractivity contribution in [2.24, 2.45) is 5.41 Å². The highest BCUT2D eigenvalue weighted by Gasteiger charge is 2.45. The van der Waals surface area contributed by atoms with Crippen molar-refractivity contribution >= 4 is 0 Å². The number of aliphatic hydroxyl groups excluding tert-OH is 1. The minimum atomic E-state index is -0.0927. The summed E-state index contributed by atoms with van der Waals surface area (Å²) in [6, 6.07) is 0. The molecule has 2 rings (SSSR count). The van der Waals surface area contributed by atoms with Crippen molar-refractivity contribution in [3.8, 4) is 0 Å². The van der Waals surface area contributed by atoms with Crippen LogP contribution in [0.5, 0.6) is 0 Å². The van der Waals surface area contributed by atoms with Crippen LogP contribution in [0.1, 0.15) is 72.1 Å². The summed E-state index contributed by atoms with van der Waals surface area (Å²) in [6.07, 6.45) is 8.74. The molecule has 2 fully saturated rings. The zero-order valence-corrected chi connectivity index (χ0v) is 12.8. The molecule has 0 aromatic heterocycles. The number of rotatable bonds is 5. The van der Waals surface area contributed by atoms with E-state index in [0.717, 1.165) is 38.5 Å². The largest absolute Gasteiger partial charge is 0.394 e. The summed E-state index contributed by atoms with van der Waals surface area (Å²) >= 11 is 0. The molecule has 1 aliphatic carbocycles. The van der Waals surface area contributed by atoms with E-state index < -0.39 is 0 Å². The van der Waals surface area contributed by atoms with Gasteiger partial charge in [0.25, 0.3) is 0 Å². The molecular weight excluding hydrogens is 240 g/mol. The number of hydrogen-bond acceptors (Lipinski definition) is 3. The van der Waals surface area contributed by atoms with Crippen molar-refractivity contribution in [2.45, 2.75) is 90.1 Å². The maximum atomic E-state index is 9.31. The van der Waals surface area contributed by atoms with Gasteiger partial charge in [0.15, 0.2) is 6.29 Å². The summed E-state index contributed by atoms with van der Waals surface area (Å²) in [5.41, 5.74) is 0.551. The molecule has 1 saturated carbocycles. The molecule has 0 aromatic rings. The number of aliphatic hydroxyl groups is 1. The summed E-state index contributed by atoms with van der Waals surface area (Å²) < 4.78 is 12.1. The highest BCUT2D eigenvalue weighted by Crippen LogP contribution is 2.48. The fraction of sp³-hybridized carbons (Fsp3) is 1.00. The van der Waals surface area contributed by atoms with Gasteiger partial charge in [-0.1, -0.05) is 27.2 Å². The van der Waals surface area contributed by atoms with E-state index in [1.807, 2.05) is 0 Å². The average Bonchev–Trinajstić information content (AvgIpc) is 2.77. The topological polar surface area (TPSA) is 38.7 Å². The van der Waals surface area contributed by atoms with Gasteiger partial charge in [-0.25, -0.2) is 0 Å². The normalized spacial score (nSPS) is 30.6. The zero-order chi connectivity index (χ0) is 13.9. The van der Waals surface area contributed by atoms with Crippen LogP contribution in [0.3, 0.4) is 0 Å². The first kappa shape index (κ1) is 15.3. The van der Waals surface area contributed by atoms with Crippen LogP contribution in [0.15, 0.2) is 0 Å². The van der Waals surface area contributed by atoms with E-state index in [2.05, 4.69) is 20.8 Å². The lowest BCUT2D eigenvalue weighted by Crippen LogP contribution is -2.38. The van der Waals surface area contributed by atoms with Crippen LogP contribution < -0.4 is 0 Å². The Morgan fingerprint density at radius 2 is 1.89 bits per heavy atom. The molecule has 19 heavy (non-hydrogen) atoms. The van der Waals surface area contributed by atoms with Crippen molar-refractivity contribution in [3.05, 3.63) is 0 Å². The van der Waals surface area contributed by atoms with E-state index in [4.69, 9.17) is 9.47 Å². The summed E-state index contributed by atoms with van der Waals surface area (Å²) in [6.45, 7) is 6.93. The zero-order valence-electron chi connectivity index (χ0n) is 12.8. The van der Waals surface area contributed by atoms with Gasteiger partial charge < -0.3 is 14.6 Å². The van der Waals surface area contributed by atoms with Crippen molar-refractivity contribution in [3.63, 3.8) is 0 Å². The summed E-state index contributed by atoms with van der Waals surface area (Å²) in [5, 5.41) is 9.31. The second-order valence-electron chi connectivity index (χ2n) is 7.16. The predicted molar refractivity (Wildman–Crippen MR) is 76.0 cm³/mol. The van der Waals surface area contributed by atoms with Gasteiger partial charge in [-0.3, -0.25) is 0 Å². The van der Waals surface area contributed by atoms with E-state index >= 15 is 0 Å². The minimum Gasteiger partial charge on any atom is -0.394 e. The Hall–Kier alpha value is -0.120. The van der Waals surface area contributed by atoms with Crippen molar-refractivity contribution in [1.82, 2.24) is 0 Å². The van der Waals surface area contributed by atoms with E-state index in [1.165, 1.54) is 12.8 Å². The highest BCUT2D eigenvalue weighted by molar-refractivity contribution is 4.94. The fourth-order valence-electron chi connectivity index (χ4n) is 3.36. The van der Waals surface area contributed by atoms with Crippen molar-refractivity contribution in [2.75, 3.05) is 6.61 Å². The Labute approximate surface area is 117 Å². The van der Waals surface area contributed by atoms with Gasteiger partial charge in [-0.2, -0.15) is 0 Å². The Balaban J connectivity index is 1.83. The van der Waals surface area contributed by atoms with E-state index in [1.54, 1.807) is 0 Å². The van der Waals surface area contributed by atoms with Crippen LogP contribution in [0.4, 0.5) is 0 Å². The molecule has 1 heterocycles. The van der Waals surface area contributed by atoms with Crippen LogP contribution in [-0.2, 0) is 9.47 Å². The Morgan fingerprint density at radius 1 is 1.21 bits per heavy atom. The fourth-order valence-corrected chi connectivity index (χ4v) is 3.36. The molecular formula is C16H30O3. The van der Waals surface area contributed by atoms with Gasteiger partial charge >= 0.3 is 0 Å². The molecule has 0 radical (unpaired) electrons. The molecule has 0 amide bonds. The van der Waals surface area contributed by atoms with Gasteiger partial charge in [-0.15, -0.1) is 0 Å². The minimum absolute atomic E-state index is 0.0508. The lowest BCUT2D eigenvalue weighted by molar-refractivity contribution is -0.207.